The standard InChI is InChI=1S/C36H31N2O4P/c1-24-12-18-27(19-13-24)36(2,43(41)33-11-7-5-9-31(33)30-8-4-6-10-32(30)42-43)28-20-22-29(23-21-28)38-35(40)26-16-14-25(15-17-26)34(39)37-3/h4-23H,1-3H3,(H,37,39)(H,38,40). The molecule has 6 nitrogen and oxygen atoms in total. The molecule has 6 rings (SSSR count). The number of hydrogen-bond acceptors (Lipinski definition) is 4. The molecule has 5 aromatic rings. The van der Waals surface area contributed by atoms with Gasteiger partial charge in [0.2, 0.25) is 0 Å². The van der Waals surface area contributed by atoms with Gasteiger partial charge in [0.15, 0.2) is 0 Å². The summed E-state index contributed by atoms with van der Waals surface area (Å²) in [7, 11) is -2.08. The summed E-state index contributed by atoms with van der Waals surface area (Å²) in [5.74, 6) is 0.0758. The third kappa shape index (κ3) is 4.84. The van der Waals surface area contributed by atoms with Crippen molar-refractivity contribution in [2.24, 2.45) is 0 Å². The average Bonchev–Trinajstić information content (AvgIpc) is 3.05. The number of amides is 2. The Bertz CT molecular complexity index is 1880. The zero-order chi connectivity index (χ0) is 30.2. The summed E-state index contributed by atoms with van der Waals surface area (Å²) in [5.41, 5.74) is 6.06. The van der Waals surface area contributed by atoms with Crippen LogP contribution in [0.2, 0.25) is 0 Å². The molecular formula is C36H31N2O4P. The topological polar surface area (TPSA) is 84.5 Å². The molecule has 2 N–H and O–H groups in total. The van der Waals surface area contributed by atoms with E-state index in [9.17, 15) is 9.59 Å². The molecular weight excluding hydrogens is 555 g/mol. The van der Waals surface area contributed by atoms with E-state index in [0.29, 0.717) is 27.9 Å². The monoisotopic (exact) mass is 586 g/mol. The van der Waals surface area contributed by atoms with Gasteiger partial charge >= 0.3 is 0 Å². The van der Waals surface area contributed by atoms with E-state index < -0.39 is 12.5 Å². The Hall–Kier alpha value is -4.93. The van der Waals surface area contributed by atoms with E-state index in [1.54, 1.807) is 31.3 Å². The number of aryl methyl sites for hydroxylation is 1. The van der Waals surface area contributed by atoms with Crippen molar-refractivity contribution in [3.05, 3.63) is 149 Å². The predicted molar refractivity (Wildman–Crippen MR) is 172 cm³/mol. The molecule has 43 heavy (non-hydrogen) atoms. The van der Waals surface area contributed by atoms with Crippen LogP contribution in [0.1, 0.15) is 44.3 Å². The number of hydrogen-bond donors (Lipinski definition) is 2. The first-order valence-electron chi connectivity index (χ1n) is 14.0. The largest absolute Gasteiger partial charge is 0.438 e. The van der Waals surface area contributed by atoms with Crippen LogP contribution in [0.5, 0.6) is 5.75 Å². The van der Waals surface area contributed by atoms with Crippen molar-refractivity contribution >= 4 is 30.2 Å². The minimum absolute atomic E-state index is 0.216. The van der Waals surface area contributed by atoms with Crippen molar-refractivity contribution < 1.29 is 18.7 Å². The highest BCUT2D eigenvalue weighted by Crippen LogP contribution is 2.68. The third-order valence-electron chi connectivity index (χ3n) is 8.17. The maximum absolute atomic E-state index is 15.6. The number of carbonyl (C=O) groups is 2. The molecule has 214 valence electrons. The molecule has 7 heteroatoms. The Morgan fingerprint density at radius 1 is 0.674 bits per heavy atom. The number of nitrogens with one attached hydrogen (secondary N) is 2. The van der Waals surface area contributed by atoms with E-state index in [2.05, 4.69) is 10.6 Å². The molecule has 2 unspecified atom stereocenters. The van der Waals surface area contributed by atoms with Crippen molar-refractivity contribution in [3.63, 3.8) is 0 Å². The fourth-order valence-corrected chi connectivity index (χ4v) is 8.60. The highest BCUT2D eigenvalue weighted by atomic mass is 31.2. The van der Waals surface area contributed by atoms with Crippen LogP contribution in [0.25, 0.3) is 11.1 Å². The van der Waals surface area contributed by atoms with Gasteiger partial charge in [-0.05, 0) is 79.1 Å². The van der Waals surface area contributed by atoms with Gasteiger partial charge in [0, 0.05) is 29.4 Å². The molecule has 1 aliphatic heterocycles. The third-order valence-corrected chi connectivity index (χ3v) is 11.3. The molecule has 0 bridgehead atoms. The molecule has 0 saturated heterocycles. The van der Waals surface area contributed by atoms with E-state index in [0.717, 1.165) is 27.8 Å². The first kappa shape index (κ1) is 28.2. The van der Waals surface area contributed by atoms with Gasteiger partial charge in [-0.2, -0.15) is 0 Å². The van der Waals surface area contributed by atoms with Crippen molar-refractivity contribution in [3.8, 4) is 16.9 Å². The quantitative estimate of drug-likeness (QED) is 0.202. The molecule has 1 heterocycles. The fourth-order valence-electron chi connectivity index (χ4n) is 5.63. The number of rotatable bonds is 6. The van der Waals surface area contributed by atoms with Crippen LogP contribution in [-0.4, -0.2) is 18.9 Å². The van der Waals surface area contributed by atoms with Gasteiger partial charge in [-0.3, -0.25) is 14.2 Å². The smallest absolute Gasteiger partial charge is 0.292 e. The van der Waals surface area contributed by atoms with Crippen molar-refractivity contribution in [2.45, 2.75) is 19.0 Å². The lowest BCUT2D eigenvalue weighted by molar-refractivity contribution is 0.0961. The molecule has 2 atom stereocenters. The Morgan fingerprint density at radius 2 is 1.21 bits per heavy atom. The van der Waals surface area contributed by atoms with E-state index in [-0.39, 0.29) is 11.8 Å². The second-order valence-corrected chi connectivity index (χ2v) is 13.4. The summed E-state index contributed by atoms with van der Waals surface area (Å²) in [6.07, 6.45) is 0. The van der Waals surface area contributed by atoms with Crippen LogP contribution in [0.3, 0.4) is 0 Å². The van der Waals surface area contributed by atoms with Gasteiger partial charge in [-0.25, -0.2) is 0 Å². The van der Waals surface area contributed by atoms with Gasteiger partial charge in [-0.15, -0.1) is 0 Å². The highest BCUT2D eigenvalue weighted by Gasteiger charge is 2.53. The zero-order valence-corrected chi connectivity index (χ0v) is 25.0. The second kappa shape index (κ2) is 11.0. The molecule has 0 saturated carbocycles. The van der Waals surface area contributed by atoms with Crippen LogP contribution in [0.4, 0.5) is 5.69 Å². The van der Waals surface area contributed by atoms with Crippen molar-refractivity contribution in [1.29, 1.82) is 0 Å². The van der Waals surface area contributed by atoms with Crippen LogP contribution in [0, 0.1) is 6.92 Å². The Kier molecular flexibility index (Phi) is 7.25. The number of carbonyl (C=O) groups excluding carboxylic acids is 2. The van der Waals surface area contributed by atoms with Gasteiger partial charge in [0.25, 0.3) is 19.2 Å². The molecule has 5 aromatic carbocycles. The minimum atomic E-state index is -3.64. The lowest BCUT2D eigenvalue weighted by atomic mass is 9.91. The lowest BCUT2D eigenvalue weighted by Crippen LogP contribution is -2.34. The van der Waals surface area contributed by atoms with Crippen LogP contribution >= 0.6 is 7.37 Å². The molecule has 1 aliphatic rings. The van der Waals surface area contributed by atoms with Crippen LogP contribution in [-0.2, 0) is 9.72 Å². The maximum Gasteiger partial charge on any atom is 0.292 e. The fraction of sp³-hybridized carbons (Fsp3) is 0.111. The Labute approximate surface area is 251 Å². The minimum Gasteiger partial charge on any atom is -0.438 e. The SMILES string of the molecule is CNC(=O)c1ccc(C(=O)Nc2ccc(C(C)(c3ccc(C)cc3)P3(=O)Oc4ccccc4-c4ccccc43)cc2)cc1. The first-order valence-corrected chi connectivity index (χ1v) is 15.7. The summed E-state index contributed by atoms with van der Waals surface area (Å²) in [5, 5.41) is 5.12. The molecule has 0 spiro atoms. The van der Waals surface area contributed by atoms with Crippen LogP contribution in [0.15, 0.2) is 121 Å². The van der Waals surface area contributed by atoms with Gasteiger partial charge < -0.3 is 15.2 Å². The molecule has 2 amide bonds. The summed E-state index contributed by atoms with van der Waals surface area (Å²) in [6.45, 7) is 4.00. The summed E-state index contributed by atoms with van der Waals surface area (Å²) < 4.78 is 22.1. The summed E-state index contributed by atoms with van der Waals surface area (Å²) in [4.78, 5) is 24.8. The van der Waals surface area contributed by atoms with Gasteiger partial charge in [0.05, 0.1) is 5.30 Å². The Morgan fingerprint density at radius 3 is 1.84 bits per heavy atom. The number of fused-ring (bicyclic) bond motifs is 3. The Balaban J connectivity index is 1.40. The first-order chi connectivity index (χ1) is 20.7. The maximum atomic E-state index is 15.6. The van der Waals surface area contributed by atoms with Gasteiger partial charge in [-0.1, -0.05) is 78.4 Å². The highest BCUT2D eigenvalue weighted by molar-refractivity contribution is 7.69. The van der Waals surface area contributed by atoms with E-state index in [1.807, 2.05) is 111 Å². The van der Waals surface area contributed by atoms with E-state index >= 15 is 4.57 Å². The number of anilines is 1. The normalized spacial score (nSPS) is 16.5. The molecule has 0 radical (unpaired) electrons. The molecule has 0 fully saturated rings. The lowest BCUT2D eigenvalue weighted by Gasteiger charge is -2.41. The van der Waals surface area contributed by atoms with E-state index in [1.165, 1.54) is 0 Å². The molecule has 0 aliphatic carbocycles. The van der Waals surface area contributed by atoms with Crippen molar-refractivity contribution in [2.75, 3.05) is 12.4 Å². The van der Waals surface area contributed by atoms with Crippen LogP contribution < -0.4 is 20.5 Å². The molecule has 0 aromatic heterocycles. The second-order valence-electron chi connectivity index (χ2n) is 10.8. The van der Waals surface area contributed by atoms with Gasteiger partial charge in [0.1, 0.15) is 10.9 Å². The van der Waals surface area contributed by atoms with Crippen molar-refractivity contribution in [1.82, 2.24) is 5.32 Å². The van der Waals surface area contributed by atoms with E-state index in [4.69, 9.17) is 4.52 Å². The summed E-state index contributed by atoms with van der Waals surface area (Å²) in [6, 6.07) is 37.4. The average molecular weight is 587 g/mol. The summed E-state index contributed by atoms with van der Waals surface area (Å²) >= 11 is 0. The number of para-hydroxylation sites is 1. The predicted octanol–water partition coefficient (Wildman–Crippen LogP) is 7.53. The number of benzene rings is 5. The zero-order valence-electron chi connectivity index (χ0n) is 24.1.